The van der Waals surface area contributed by atoms with Crippen LogP contribution in [0.4, 0.5) is 5.69 Å². The van der Waals surface area contributed by atoms with Crippen LogP contribution in [0.25, 0.3) is 0 Å². The lowest BCUT2D eigenvalue weighted by Gasteiger charge is -2.08. The minimum absolute atomic E-state index is 0.0263. The number of nitrogens with zero attached hydrogens (tertiary/aromatic N) is 1. The second-order valence-corrected chi connectivity index (χ2v) is 5.97. The van der Waals surface area contributed by atoms with Crippen LogP contribution in [0, 0.1) is 0 Å². The summed E-state index contributed by atoms with van der Waals surface area (Å²) in [6.07, 6.45) is 1.48. The van der Waals surface area contributed by atoms with E-state index in [0.717, 1.165) is 11.8 Å². The molecule has 0 aliphatic carbocycles. The summed E-state index contributed by atoms with van der Waals surface area (Å²) < 4.78 is 5.04. The van der Waals surface area contributed by atoms with Crippen molar-refractivity contribution in [2.75, 3.05) is 23.9 Å². The number of aromatic nitrogens is 1. The molecular weight excluding hydrogens is 356 g/mol. The van der Waals surface area contributed by atoms with Gasteiger partial charge in [0.05, 0.1) is 18.6 Å². The van der Waals surface area contributed by atoms with E-state index in [9.17, 15) is 14.4 Å². The Bertz CT molecular complexity index is 753. The number of ether oxygens (including phenoxy) is 1. The Labute approximate surface area is 154 Å². The lowest BCUT2D eigenvalue weighted by molar-refractivity contribution is -0.119. The molecule has 3 amide bonds. The number of thioether (sulfide) groups is 1. The number of anilines is 1. The molecule has 0 saturated heterocycles. The van der Waals surface area contributed by atoms with E-state index in [2.05, 4.69) is 21.2 Å². The number of carbonyl (C=O) groups excluding carboxylic acids is 3. The fourth-order valence-corrected chi connectivity index (χ4v) is 2.45. The zero-order valence-electron chi connectivity index (χ0n) is 14.0. The number of rotatable bonds is 7. The van der Waals surface area contributed by atoms with E-state index in [1.165, 1.54) is 12.3 Å². The van der Waals surface area contributed by atoms with Gasteiger partial charge in [-0.15, -0.1) is 11.8 Å². The normalized spacial score (nSPS) is 9.88. The van der Waals surface area contributed by atoms with Gasteiger partial charge in [-0.3, -0.25) is 30.2 Å². The molecule has 8 nitrogen and oxygen atoms in total. The Morgan fingerprint density at radius 2 is 1.73 bits per heavy atom. The molecule has 1 aromatic heterocycles. The molecule has 0 aliphatic rings. The van der Waals surface area contributed by atoms with Gasteiger partial charge in [-0.1, -0.05) is 6.07 Å². The second kappa shape index (κ2) is 10.0. The number of methoxy groups -OCH3 is 1. The molecule has 0 radical (unpaired) electrons. The number of carbonyl (C=O) groups is 3. The molecule has 1 aromatic carbocycles. The summed E-state index contributed by atoms with van der Waals surface area (Å²) in [5, 5.41) is 2.71. The zero-order chi connectivity index (χ0) is 18.8. The average Bonchev–Trinajstić information content (AvgIpc) is 2.67. The van der Waals surface area contributed by atoms with Gasteiger partial charge in [0.2, 0.25) is 11.8 Å². The Kier molecular flexibility index (Phi) is 7.44. The van der Waals surface area contributed by atoms with Gasteiger partial charge in [0.15, 0.2) is 0 Å². The molecule has 2 aromatic rings. The van der Waals surface area contributed by atoms with Crippen molar-refractivity contribution in [2.45, 2.75) is 0 Å². The molecule has 0 aliphatic heterocycles. The Morgan fingerprint density at radius 3 is 2.38 bits per heavy atom. The van der Waals surface area contributed by atoms with Crippen LogP contribution in [0.2, 0.25) is 0 Å². The SMILES string of the molecule is COc1ccc(NC(=O)CSCC(=O)NNC(=O)c2ccccn2)cc1. The van der Waals surface area contributed by atoms with Gasteiger partial charge in [-0.2, -0.15) is 0 Å². The van der Waals surface area contributed by atoms with Crippen molar-refractivity contribution in [1.82, 2.24) is 15.8 Å². The van der Waals surface area contributed by atoms with E-state index < -0.39 is 11.8 Å². The summed E-state index contributed by atoms with van der Waals surface area (Å²) in [7, 11) is 1.56. The van der Waals surface area contributed by atoms with E-state index in [1.807, 2.05) is 0 Å². The molecule has 0 unspecified atom stereocenters. The molecule has 2 rings (SSSR count). The van der Waals surface area contributed by atoms with Crippen molar-refractivity contribution in [2.24, 2.45) is 0 Å². The van der Waals surface area contributed by atoms with Gasteiger partial charge < -0.3 is 10.1 Å². The van der Waals surface area contributed by atoms with Gasteiger partial charge >= 0.3 is 0 Å². The minimum Gasteiger partial charge on any atom is -0.497 e. The van der Waals surface area contributed by atoms with Gasteiger partial charge in [0.1, 0.15) is 11.4 Å². The van der Waals surface area contributed by atoms with E-state index in [0.29, 0.717) is 11.4 Å². The fraction of sp³-hybridized carbons (Fsp3) is 0.176. The highest BCUT2D eigenvalue weighted by Gasteiger charge is 2.09. The first kappa shape index (κ1) is 19.3. The molecule has 0 saturated carbocycles. The van der Waals surface area contributed by atoms with Crippen molar-refractivity contribution in [3.05, 3.63) is 54.4 Å². The predicted molar refractivity (Wildman–Crippen MR) is 98.8 cm³/mol. The van der Waals surface area contributed by atoms with E-state index >= 15 is 0 Å². The molecular formula is C17H18N4O4S. The van der Waals surface area contributed by atoms with Crippen LogP contribution >= 0.6 is 11.8 Å². The number of hydrazine groups is 1. The van der Waals surface area contributed by atoms with Crippen LogP contribution in [-0.4, -0.2) is 41.3 Å². The molecule has 1 heterocycles. The topological polar surface area (TPSA) is 109 Å². The van der Waals surface area contributed by atoms with Crippen molar-refractivity contribution in [1.29, 1.82) is 0 Å². The van der Waals surface area contributed by atoms with Crippen molar-refractivity contribution >= 4 is 35.2 Å². The summed E-state index contributed by atoms with van der Waals surface area (Å²) in [4.78, 5) is 39.1. The highest BCUT2D eigenvalue weighted by atomic mass is 32.2. The third-order valence-electron chi connectivity index (χ3n) is 3.05. The highest BCUT2D eigenvalue weighted by Crippen LogP contribution is 2.15. The van der Waals surface area contributed by atoms with Gasteiger partial charge in [-0.25, -0.2) is 0 Å². The maximum absolute atomic E-state index is 11.8. The number of hydrogen-bond acceptors (Lipinski definition) is 6. The smallest absolute Gasteiger partial charge is 0.288 e. The molecule has 0 spiro atoms. The third kappa shape index (κ3) is 6.44. The van der Waals surface area contributed by atoms with E-state index in [4.69, 9.17) is 4.74 Å². The van der Waals surface area contributed by atoms with Crippen LogP contribution in [0.5, 0.6) is 5.75 Å². The molecule has 0 fully saturated rings. The Morgan fingerprint density at radius 1 is 1.00 bits per heavy atom. The van der Waals surface area contributed by atoms with Crippen molar-refractivity contribution in [3.8, 4) is 5.75 Å². The second-order valence-electron chi connectivity index (χ2n) is 4.99. The number of amides is 3. The van der Waals surface area contributed by atoms with Crippen LogP contribution in [0.3, 0.4) is 0 Å². The Balaban J connectivity index is 1.64. The highest BCUT2D eigenvalue weighted by molar-refractivity contribution is 8.00. The van der Waals surface area contributed by atoms with Crippen LogP contribution in [-0.2, 0) is 9.59 Å². The van der Waals surface area contributed by atoms with Crippen molar-refractivity contribution in [3.63, 3.8) is 0 Å². The summed E-state index contributed by atoms with van der Waals surface area (Å²) in [6, 6.07) is 11.8. The lowest BCUT2D eigenvalue weighted by Crippen LogP contribution is -2.42. The molecule has 136 valence electrons. The molecule has 0 bridgehead atoms. The standard InChI is InChI=1S/C17H18N4O4S/c1-25-13-7-5-12(6-8-13)19-15(22)10-26-11-16(23)20-21-17(24)14-4-2-3-9-18-14/h2-9H,10-11H2,1H3,(H,19,22)(H,20,23)(H,21,24). The number of benzene rings is 1. The number of pyridine rings is 1. The van der Waals surface area contributed by atoms with Crippen LogP contribution in [0.1, 0.15) is 10.5 Å². The van der Waals surface area contributed by atoms with Crippen molar-refractivity contribution < 1.29 is 19.1 Å². The largest absolute Gasteiger partial charge is 0.497 e. The maximum atomic E-state index is 11.8. The summed E-state index contributed by atoms with van der Waals surface area (Å²) >= 11 is 1.13. The summed E-state index contributed by atoms with van der Waals surface area (Å²) in [6.45, 7) is 0. The predicted octanol–water partition coefficient (Wildman–Crippen LogP) is 1.22. The maximum Gasteiger partial charge on any atom is 0.288 e. The molecule has 9 heteroatoms. The summed E-state index contributed by atoms with van der Waals surface area (Å²) in [5.74, 6) is -0.336. The number of hydrogen-bond donors (Lipinski definition) is 3. The minimum atomic E-state index is -0.513. The fourth-order valence-electron chi connectivity index (χ4n) is 1.83. The average molecular weight is 374 g/mol. The first-order chi connectivity index (χ1) is 12.6. The molecule has 0 atom stereocenters. The van der Waals surface area contributed by atoms with Gasteiger partial charge in [-0.05, 0) is 36.4 Å². The van der Waals surface area contributed by atoms with Crippen LogP contribution in [0.15, 0.2) is 48.7 Å². The van der Waals surface area contributed by atoms with Crippen LogP contribution < -0.4 is 20.9 Å². The first-order valence-electron chi connectivity index (χ1n) is 7.60. The lowest BCUT2D eigenvalue weighted by atomic mass is 10.3. The molecule has 3 N–H and O–H groups in total. The number of nitrogens with one attached hydrogen (secondary N) is 3. The van der Waals surface area contributed by atoms with Gasteiger partial charge in [0, 0.05) is 11.9 Å². The van der Waals surface area contributed by atoms with Gasteiger partial charge in [0.25, 0.3) is 5.91 Å². The van der Waals surface area contributed by atoms with E-state index in [-0.39, 0.29) is 23.1 Å². The van der Waals surface area contributed by atoms with E-state index in [1.54, 1.807) is 43.5 Å². The third-order valence-corrected chi connectivity index (χ3v) is 3.99. The summed E-state index contributed by atoms with van der Waals surface area (Å²) in [5.41, 5.74) is 5.37. The molecule has 26 heavy (non-hydrogen) atoms. The monoisotopic (exact) mass is 374 g/mol. The zero-order valence-corrected chi connectivity index (χ0v) is 14.8. The first-order valence-corrected chi connectivity index (χ1v) is 8.76. The Hall–Kier alpha value is -3.07. The quantitative estimate of drug-likeness (QED) is 0.629.